The largest absolute Gasteiger partial charge is 0.489 e. The van der Waals surface area contributed by atoms with Crippen molar-refractivity contribution in [2.24, 2.45) is 0 Å². The highest BCUT2D eigenvalue weighted by Gasteiger charge is 2.39. The molecule has 5 nitrogen and oxygen atoms in total. The van der Waals surface area contributed by atoms with E-state index in [0.717, 1.165) is 22.9 Å². The number of carbonyl (C=O) groups is 2. The summed E-state index contributed by atoms with van der Waals surface area (Å²) >= 11 is 6.36. The number of hydrogen-bond donors (Lipinski definition) is 1. The summed E-state index contributed by atoms with van der Waals surface area (Å²) < 4.78 is 6.12. The first kappa shape index (κ1) is 21.1. The maximum Gasteiger partial charge on any atom is 0.326 e. The molecule has 1 atom stereocenters. The number of thiocarbonyl (C=S) groups is 1. The van der Waals surface area contributed by atoms with E-state index >= 15 is 0 Å². The Labute approximate surface area is 179 Å². The van der Waals surface area contributed by atoms with Crippen molar-refractivity contribution < 1.29 is 19.4 Å². The molecule has 0 saturated carbocycles. The molecule has 150 valence electrons. The molecule has 0 radical (unpaired) electrons. The summed E-state index contributed by atoms with van der Waals surface area (Å²) in [6, 6.07) is 14.6. The fraction of sp³-hybridized carbons (Fsp3) is 0.227. The SMILES string of the molecule is CC[C@@H](C(=O)O)N1C(=O)/C(=C\c2cccc(OCc3ccc(C)cc3)c2)SC1=S. The molecule has 0 aromatic heterocycles. The molecule has 1 saturated heterocycles. The van der Waals surface area contributed by atoms with Crippen molar-refractivity contribution in [2.75, 3.05) is 0 Å². The highest BCUT2D eigenvalue weighted by molar-refractivity contribution is 8.26. The molecule has 0 bridgehead atoms. The van der Waals surface area contributed by atoms with Crippen LogP contribution in [0.15, 0.2) is 53.4 Å². The number of carboxylic acids is 1. The molecule has 1 aliphatic rings. The van der Waals surface area contributed by atoms with E-state index in [1.165, 1.54) is 10.5 Å². The van der Waals surface area contributed by atoms with Crippen LogP contribution in [0.5, 0.6) is 5.75 Å². The van der Waals surface area contributed by atoms with E-state index in [1.54, 1.807) is 13.0 Å². The number of carboxylic acid groups (broad SMARTS) is 1. The first-order chi connectivity index (χ1) is 13.9. The first-order valence-corrected chi connectivity index (χ1v) is 10.4. The Morgan fingerprint density at radius 1 is 1.28 bits per heavy atom. The maximum atomic E-state index is 12.7. The minimum atomic E-state index is -1.06. The lowest BCUT2D eigenvalue weighted by Crippen LogP contribution is -2.43. The smallest absolute Gasteiger partial charge is 0.326 e. The molecule has 0 unspecified atom stereocenters. The highest BCUT2D eigenvalue weighted by Crippen LogP contribution is 2.35. The molecule has 1 aliphatic heterocycles. The van der Waals surface area contributed by atoms with Crippen molar-refractivity contribution in [2.45, 2.75) is 32.9 Å². The van der Waals surface area contributed by atoms with Gasteiger partial charge in [-0.3, -0.25) is 9.69 Å². The van der Waals surface area contributed by atoms with Gasteiger partial charge in [-0.1, -0.05) is 72.9 Å². The molecule has 1 amide bonds. The molecular weight excluding hydrogens is 406 g/mol. The minimum absolute atomic E-state index is 0.266. The Bertz CT molecular complexity index is 969. The summed E-state index contributed by atoms with van der Waals surface area (Å²) in [5.41, 5.74) is 3.05. The monoisotopic (exact) mass is 427 g/mol. The van der Waals surface area contributed by atoms with Gasteiger partial charge >= 0.3 is 5.97 Å². The topological polar surface area (TPSA) is 66.8 Å². The van der Waals surface area contributed by atoms with Crippen molar-refractivity contribution >= 4 is 46.3 Å². The number of ether oxygens (including phenoxy) is 1. The minimum Gasteiger partial charge on any atom is -0.489 e. The number of carbonyl (C=O) groups excluding carboxylic acids is 1. The second kappa shape index (κ2) is 9.24. The molecular formula is C22H21NO4S2. The Hall–Kier alpha value is -2.64. The maximum absolute atomic E-state index is 12.7. The standard InChI is InChI=1S/C22H21NO4S2/c1-3-18(21(25)26)23-20(24)19(29-22(23)28)12-16-5-4-6-17(11-16)27-13-15-9-7-14(2)8-10-15/h4-12,18H,3,13H2,1-2H3,(H,25,26)/b19-12+/t18-/m0/s1. The van der Waals surface area contributed by atoms with Crippen LogP contribution in [0.1, 0.15) is 30.0 Å². The number of thioether (sulfide) groups is 1. The van der Waals surface area contributed by atoms with Crippen molar-refractivity contribution in [3.8, 4) is 5.75 Å². The van der Waals surface area contributed by atoms with Gasteiger partial charge in [0, 0.05) is 0 Å². The van der Waals surface area contributed by atoms with Gasteiger partial charge in [0.2, 0.25) is 0 Å². The van der Waals surface area contributed by atoms with Crippen LogP contribution < -0.4 is 4.74 Å². The third-order valence-corrected chi connectivity index (χ3v) is 5.82. The van der Waals surface area contributed by atoms with Crippen LogP contribution in [0.25, 0.3) is 6.08 Å². The van der Waals surface area contributed by atoms with Gasteiger partial charge in [-0.25, -0.2) is 4.79 Å². The molecule has 1 heterocycles. The molecule has 7 heteroatoms. The van der Waals surface area contributed by atoms with E-state index < -0.39 is 12.0 Å². The molecule has 2 aromatic carbocycles. The summed E-state index contributed by atoms with van der Waals surface area (Å²) in [6.45, 7) is 4.20. The van der Waals surface area contributed by atoms with Crippen LogP contribution in [0, 0.1) is 6.92 Å². The van der Waals surface area contributed by atoms with Gasteiger partial charge in [0.05, 0.1) is 4.91 Å². The van der Waals surface area contributed by atoms with Gasteiger partial charge in [0.15, 0.2) is 0 Å². The fourth-order valence-corrected chi connectivity index (χ4v) is 4.27. The summed E-state index contributed by atoms with van der Waals surface area (Å²) in [6.07, 6.45) is 2.00. The average Bonchev–Trinajstić information content (AvgIpc) is 2.96. The van der Waals surface area contributed by atoms with Gasteiger partial charge in [-0.15, -0.1) is 0 Å². The Balaban J connectivity index is 1.74. The van der Waals surface area contributed by atoms with E-state index in [4.69, 9.17) is 17.0 Å². The van der Waals surface area contributed by atoms with Crippen LogP contribution in [0.2, 0.25) is 0 Å². The second-order valence-electron chi connectivity index (χ2n) is 6.66. The van der Waals surface area contributed by atoms with E-state index in [-0.39, 0.29) is 16.6 Å². The summed E-state index contributed by atoms with van der Waals surface area (Å²) in [7, 11) is 0. The predicted octanol–water partition coefficient (Wildman–Crippen LogP) is 4.64. The Morgan fingerprint density at radius 3 is 2.66 bits per heavy atom. The molecule has 29 heavy (non-hydrogen) atoms. The number of hydrogen-bond acceptors (Lipinski definition) is 5. The predicted molar refractivity (Wildman–Crippen MR) is 119 cm³/mol. The Kier molecular flexibility index (Phi) is 6.71. The number of aryl methyl sites for hydroxylation is 1. The number of nitrogens with zero attached hydrogens (tertiary/aromatic N) is 1. The zero-order valence-electron chi connectivity index (χ0n) is 16.1. The van der Waals surface area contributed by atoms with Crippen molar-refractivity contribution in [1.29, 1.82) is 0 Å². The third-order valence-electron chi connectivity index (χ3n) is 4.49. The zero-order valence-corrected chi connectivity index (χ0v) is 17.8. The summed E-state index contributed by atoms with van der Waals surface area (Å²) in [5.74, 6) is -0.747. The summed E-state index contributed by atoms with van der Waals surface area (Å²) in [4.78, 5) is 25.7. The van der Waals surface area contributed by atoms with Crippen LogP contribution in [0.3, 0.4) is 0 Å². The molecule has 1 fully saturated rings. The Morgan fingerprint density at radius 2 is 2.00 bits per heavy atom. The molecule has 2 aromatic rings. The van der Waals surface area contributed by atoms with Gasteiger partial charge in [-0.05, 0) is 42.7 Å². The van der Waals surface area contributed by atoms with E-state index in [2.05, 4.69) is 0 Å². The molecule has 0 aliphatic carbocycles. The second-order valence-corrected chi connectivity index (χ2v) is 8.34. The van der Waals surface area contributed by atoms with E-state index in [1.807, 2.05) is 55.5 Å². The average molecular weight is 428 g/mol. The number of benzene rings is 2. The van der Waals surface area contributed by atoms with Gasteiger partial charge < -0.3 is 9.84 Å². The van der Waals surface area contributed by atoms with Crippen LogP contribution >= 0.6 is 24.0 Å². The van der Waals surface area contributed by atoms with Gasteiger partial charge in [-0.2, -0.15) is 0 Å². The van der Waals surface area contributed by atoms with Crippen LogP contribution in [-0.4, -0.2) is 32.2 Å². The van der Waals surface area contributed by atoms with Crippen molar-refractivity contribution in [3.05, 3.63) is 70.1 Å². The lowest BCUT2D eigenvalue weighted by atomic mass is 10.1. The number of aliphatic carboxylic acids is 1. The molecule has 1 N–H and O–H groups in total. The number of amides is 1. The van der Waals surface area contributed by atoms with Crippen molar-refractivity contribution in [1.82, 2.24) is 4.90 Å². The fourth-order valence-electron chi connectivity index (χ4n) is 2.91. The van der Waals surface area contributed by atoms with E-state index in [0.29, 0.717) is 17.3 Å². The first-order valence-electron chi connectivity index (χ1n) is 9.17. The normalized spacial score (nSPS) is 16.3. The lowest BCUT2D eigenvalue weighted by molar-refractivity contribution is -0.145. The highest BCUT2D eigenvalue weighted by atomic mass is 32.2. The number of rotatable bonds is 7. The lowest BCUT2D eigenvalue weighted by Gasteiger charge is -2.21. The molecule has 0 spiro atoms. The van der Waals surface area contributed by atoms with Crippen LogP contribution in [0.4, 0.5) is 0 Å². The third kappa shape index (κ3) is 5.05. The van der Waals surface area contributed by atoms with Gasteiger partial charge in [0.1, 0.15) is 22.7 Å². The van der Waals surface area contributed by atoms with Gasteiger partial charge in [0.25, 0.3) is 5.91 Å². The summed E-state index contributed by atoms with van der Waals surface area (Å²) in [5, 5.41) is 9.35. The molecule has 3 rings (SSSR count). The van der Waals surface area contributed by atoms with E-state index in [9.17, 15) is 14.7 Å². The van der Waals surface area contributed by atoms with Crippen molar-refractivity contribution in [3.63, 3.8) is 0 Å². The quantitative estimate of drug-likeness (QED) is 0.513. The van der Waals surface area contributed by atoms with Crippen LogP contribution in [-0.2, 0) is 16.2 Å². The zero-order chi connectivity index (χ0) is 21.0.